The maximum absolute atomic E-state index is 11.2. The number of carboxylic acid groups (broad SMARTS) is 1. The molecule has 0 aliphatic carbocycles. The number of allylic oxidation sites excluding steroid dienone is 3. The minimum Gasteiger partial charge on any atom is -0.480 e. The van der Waals surface area contributed by atoms with Crippen molar-refractivity contribution >= 4 is 41.4 Å². The van der Waals surface area contributed by atoms with Crippen LogP contribution in [0, 0.1) is 6.92 Å². The van der Waals surface area contributed by atoms with Crippen LogP contribution in [0.25, 0.3) is 5.57 Å². The van der Waals surface area contributed by atoms with Crippen LogP contribution in [-0.2, 0) is 16.0 Å². The third kappa shape index (κ3) is 7.18. The van der Waals surface area contributed by atoms with E-state index in [2.05, 4.69) is 47.9 Å². The Morgan fingerprint density at radius 2 is 2.03 bits per heavy atom. The molecule has 154 valence electrons. The zero-order valence-corrected chi connectivity index (χ0v) is 18.8. The minimum atomic E-state index is -0.907. The fourth-order valence-electron chi connectivity index (χ4n) is 2.23. The fraction of sp³-hybridized carbons (Fsp3) is 0.318. The number of aryl methyl sites for hydroxylation is 1. The van der Waals surface area contributed by atoms with Gasteiger partial charge in [-0.05, 0) is 45.5 Å². The summed E-state index contributed by atoms with van der Waals surface area (Å²) in [5.74, 6) is -0.406. The molecular formula is C22H26N2O3S2. The van der Waals surface area contributed by atoms with Crippen molar-refractivity contribution in [3.63, 3.8) is 0 Å². The summed E-state index contributed by atoms with van der Waals surface area (Å²) < 4.78 is 5.53. The number of carbonyl (C=O) groups is 1. The van der Waals surface area contributed by atoms with Crippen molar-refractivity contribution in [3.8, 4) is 0 Å². The number of benzene rings is 1. The number of aliphatic imine (C=N–C) groups is 1. The van der Waals surface area contributed by atoms with Crippen LogP contribution < -0.4 is 0 Å². The third-order valence-electron chi connectivity index (χ3n) is 4.13. The number of hydrogen-bond donors (Lipinski definition) is 1. The van der Waals surface area contributed by atoms with Gasteiger partial charge in [-0.3, -0.25) is 4.79 Å². The third-order valence-corrected chi connectivity index (χ3v) is 6.31. The first-order valence-electron chi connectivity index (χ1n) is 9.13. The number of carboxylic acids is 1. The molecule has 0 saturated carbocycles. The lowest BCUT2D eigenvalue weighted by atomic mass is 10.1. The van der Waals surface area contributed by atoms with Gasteiger partial charge >= 0.3 is 5.97 Å². The minimum absolute atomic E-state index is 0.415. The first-order chi connectivity index (χ1) is 13.7. The quantitative estimate of drug-likeness (QED) is 0.229. The van der Waals surface area contributed by atoms with Crippen molar-refractivity contribution in [3.05, 3.63) is 64.5 Å². The monoisotopic (exact) mass is 430 g/mol. The van der Waals surface area contributed by atoms with Gasteiger partial charge in [-0.1, -0.05) is 47.7 Å². The molecule has 0 aliphatic heterocycles. The van der Waals surface area contributed by atoms with Crippen LogP contribution in [0.5, 0.6) is 0 Å². The Balaban J connectivity index is 1.90. The van der Waals surface area contributed by atoms with E-state index < -0.39 is 10.7 Å². The van der Waals surface area contributed by atoms with Crippen LogP contribution in [0.4, 0.5) is 0 Å². The van der Waals surface area contributed by atoms with E-state index in [4.69, 9.17) is 4.74 Å². The van der Waals surface area contributed by atoms with Crippen molar-refractivity contribution < 1.29 is 14.6 Å². The van der Waals surface area contributed by atoms with Gasteiger partial charge < -0.3 is 9.84 Å². The molecule has 0 atom stereocenters. The number of thiazole rings is 1. The van der Waals surface area contributed by atoms with Gasteiger partial charge in [-0.25, -0.2) is 9.98 Å². The summed E-state index contributed by atoms with van der Waals surface area (Å²) in [5, 5.41) is 11.1. The van der Waals surface area contributed by atoms with Gasteiger partial charge in [0, 0.05) is 17.9 Å². The summed E-state index contributed by atoms with van der Waals surface area (Å²) in [6.45, 7) is 11.4. The van der Waals surface area contributed by atoms with Crippen molar-refractivity contribution in [1.29, 1.82) is 0 Å². The molecule has 1 aromatic heterocycles. The second kappa shape index (κ2) is 10.4. The van der Waals surface area contributed by atoms with Gasteiger partial charge in [0.2, 0.25) is 5.88 Å². The number of thioether (sulfide) groups is 1. The number of aromatic nitrogens is 1. The maximum Gasteiger partial charge on any atom is 0.319 e. The Bertz CT molecular complexity index is 912. The Labute approximate surface area is 180 Å². The average Bonchev–Trinajstić information content (AvgIpc) is 3.11. The summed E-state index contributed by atoms with van der Waals surface area (Å²) in [6, 6.07) is 8.33. The van der Waals surface area contributed by atoms with Crippen LogP contribution in [0.2, 0.25) is 0 Å². The number of aliphatic carboxylic acids is 1. The van der Waals surface area contributed by atoms with E-state index >= 15 is 0 Å². The summed E-state index contributed by atoms with van der Waals surface area (Å²) >= 11 is 2.69. The number of hydrogen-bond acceptors (Lipinski definition) is 6. The molecule has 0 spiro atoms. The molecule has 0 fully saturated rings. The van der Waals surface area contributed by atoms with E-state index in [-0.39, 0.29) is 0 Å². The molecule has 2 rings (SSSR count). The standard InChI is InChI=1S/C22H26N2O3S2/c1-15-6-9-17(10-7-15)16(2)8-11-19(23-5)27-13-12-18-14-28-21(24-18)29-22(3,4)20(25)26/h6-11,14H,5,12-13H2,1-4H3,(H,25,26)/b16-8+,19-11+. The lowest BCUT2D eigenvalue weighted by molar-refractivity contribution is -0.138. The molecular weight excluding hydrogens is 404 g/mol. The topological polar surface area (TPSA) is 71.8 Å². The Morgan fingerprint density at radius 3 is 2.66 bits per heavy atom. The molecule has 0 unspecified atom stereocenters. The molecule has 7 heteroatoms. The first-order valence-corrected chi connectivity index (χ1v) is 10.8. The molecule has 0 aliphatic rings. The summed E-state index contributed by atoms with van der Waals surface area (Å²) in [7, 11) is 0. The van der Waals surface area contributed by atoms with Gasteiger partial charge in [-0.2, -0.15) is 0 Å². The molecule has 1 aromatic carbocycles. The zero-order valence-electron chi connectivity index (χ0n) is 17.1. The largest absolute Gasteiger partial charge is 0.480 e. The van der Waals surface area contributed by atoms with Gasteiger partial charge in [0.25, 0.3) is 0 Å². The van der Waals surface area contributed by atoms with E-state index in [0.29, 0.717) is 18.9 Å². The summed E-state index contributed by atoms with van der Waals surface area (Å²) in [6.07, 6.45) is 4.37. The Kier molecular flexibility index (Phi) is 8.22. The first kappa shape index (κ1) is 22.9. The summed E-state index contributed by atoms with van der Waals surface area (Å²) in [4.78, 5) is 19.6. The van der Waals surface area contributed by atoms with E-state index in [0.717, 1.165) is 21.2 Å². The van der Waals surface area contributed by atoms with Crippen molar-refractivity contribution in [2.75, 3.05) is 6.61 Å². The van der Waals surface area contributed by atoms with Crippen LogP contribution in [0.3, 0.4) is 0 Å². The van der Waals surface area contributed by atoms with Gasteiger partial charge in [0.05, 0.1) is 12.3 Å². The maximum atomic E-state index is 11.2. The lowest BCUT2D eigenvalue weighted by Crippen LogP contribution is -2.26. The van der Waals surface area contributed by atoms with E-state index in [1.165, 1.54) is 28.7 Å². The number of ether oxygens (including phenoxy) is 1. The number of rotatable bonds is 10. The normalized spacial score (nSPS) is 12.7. The van der Waals surface area contributed by atoms with Gasteiger partial charge in [0.1, 0.15) is 4.75 Å². The Morgan fingerprint density at radius 1 is 1.34 bits per heavy atom. The molecule has 1 N–H and O–H groups in total. The van der Waals surface area contributed by atoms with E-state index in [1.807, 2.05) is 18.4 Å². The highest BCUT2D eigenvalue weighted by Crippen LogP contribution is 2.34. The highest BCUT2D eigenvalue weighted by Gasteiger charge is 2.29. The van der Waals surface area contributed by atoms with Crippen LogP contribution in [0.1, 0.15) is 37.6 Å². The van der Waals surface area contributed by atoms with Crippen LogP contribution >= 0.6 is 23.1 Å². The lowest BCUT2D eigenvalue weighted by Gasteiger charge is -2.15. The smallest absolute Gasteiger partial charge is 0.319 e. The molecule has 0 saturated heterocycles. The average molecular weight is 431 g/mol. The fourth-order valence-corrected chi connectivity index (χ4v) is 4.45. The van der Waals surface area contributed by atoms with Crippen LogP contribution in [-0.4, -0.2) is 34.1 Å². The van der Waals surface area contributed by atoms with Crippen LogP contribution in [0.15, 0.2) is 57.0 Å². The molecule has 2 aromatic rings. The molecule has 0 amide bonds. The second-order valence-electron chi connectivity index (χ2n) is 7.00. The summed E-state index contributed by atoms with van der Waals surface area (Å²) in [5.41, 5.74) is 4.35. The SMILES string of the molecule is C=N/C(=C\C=C(/C)c1ccc(C)cc1)OCCc1csc(SC(C)(C)C(=O)O)n1. The van der Waals surface area contributed by atoms with Gasteiger partial charge in [0.15, 0.2) is 4.34 Å². The molecule has 1 heterocycles. The van der Waals surface area contributed by atoms with Crippen molar-refractivity contribution in [1.82, 2.24) is 4.98 Å². The highest BCUT2D eigenvalue weighted by atomic mass is 32.2. The highest BCUT2D eigenvalue weighted by molar-refractivity contribution is 8.02. The molecule has 5 nitrogen and oxygen atoms in total. The van der Waals surface area contributed by atoms with Crippen molar-refractivity contribution in [2.45, 2.75) is 43.2 Å². The predicted molar refractivity (Wildman–Crippen MR) is 122 cm³/mol. The number of nitrogens with zero attached hydrogens (tertiary/aromatic N) is 2. The van der Waals surface area contributed by atoms with Gasteiger partial charge in [-0.15, -0.1) is 11.3 Å². The zero-order chi connectivity index (χ0) is 21.4. The molecule has 0 bridgehead atoms. The van der Waals surface area contributed by atoms with E-state index in [9.17, 15) is 9.90 Å². The van der Waals surface area contributed by atoms with E-state index in [1.54, 1.807) is 19.9 Å². The Hall–Kier alpha value is -2.38. The predicted octanol–water partition coefficient (Wildman–Crippen LogP) is 5.61. The second-order valence-corrected chi connectivity index (χ2v) is 9.73. The van der Waals surface area contributed by atoms with Crippen molar-refractivity contribution in [2.24, 2.45) is 4.99 Å². The molecule has 29 heavy (non-hydrogen) atoms. The molecule has 0 radical (unpaired) electrons.